The van der Waals surface area contributed by atoms with Gasteiger partial charge >= 0.3 is 11.9 Å². The average molecular weight is 362 g/mol. The standard InChI is InChI=1S/C12H11IO5/c1-7(14)18-12-9(13)5-8(3-4-11(15)16)6-10(12)17-2/h3-6H,1-2H3,(H,15,16)/b4-3+. The van der Waals surface area contributed by atoms with E-state index < -0.39 is 11.9 Å². The molecule has 0 heterocycles. The molecule has 0 aliphatic carbocycles. The number of rotatable bonds is 4. The zero-order valence-corrected chi connectivity index (χ0v) is 11.9. The Morgan fingerprint density at radius 2 is 2.06 bits per heavy atom. The highest BCUT2D eigenvalue weighted by Crippen LogP contribution is 2.34. The number of carbonyl (C=O) groups is 2. The van der Waals surface area contributed by atoms with Crippen molar-refractivity contribution in [2.75, 3.05) is 7.11 Å². The van der Waals surface area contributed by atoms with Crippen LogP contribution >= 0.6 is 22.6 Å². The van der Waals surface area contributed by atoms with E-state index in [1.807, 2.05) is 22.6 Å². The van der Waals surface area contributed by atoms with Crippen molar-refractivity contribution < 1.29 is 24.2 Å². The van der Waals surface area contributed by atoms with Gasteiger partial charge in [0.15, 0.2) is 11.5 Å². The molecule has 96 valence electrons. The number of esters is 1. The lowest BCUT2D eigenvalue weighted by atomic mass is 10.2. The maximum absolute atomic E-state index is 11.0. The molecule has 0 saturated heterocycles. The molecule has 1 aromatic carbocycles. The highest BCUT2D eigenvalue weighted by molar-refractivity contribution is 14.1. The summed E-state index contributed by atoms with van der Waals surface area (Å²) < 4.78 is 10.8. The fourth-order valence-corrected chi connectivity index (χ4v) is 1.98. The summed E-state index contributed by atoms with van der Waals surface area (Å²) in [5.41, 5.74) is 0.648. The SMILES string of the molecule is COc1cc(/C=C/C(=O)O)cc(I)c1OC(C)=O. The second-order valence-corrected chi connectivity index (χ2v) is 4.46. The molecule has 1 aromatic rings. The van der Waals surface area contributed by atoms with Gasteiger partial charge in [-0.3, -0.25) is 4.79 Å². The molecule has 0 spiro atoms. The summed E-state index contributed by atoms with van der Waals surface area (Å²) >= 11 is 1.99. The minimum atomic E-state index is -1.03. The second kappa shape index (κ2) is 6.39. The van der Waals surface area contributed by atoms with E-state index >= 15 is 0 Å². The van der Waals surface area contributed by atoms with Crippen LogP contribution < -0.4 is 9.47 Å². The van der Waals surface area contributed by atoms with E-state index in [9.17, 15) is 9.59 Å². The molecule has 0 aromatic heterocycles. The normalized spacial score (nSPS) is 10.4. The van der Waals surface area contributed by atoms with E-state index in [1.165, 1.54) is 20.1 Å². The number of hydrogen-bond donors (Lipinski definition) is 1. The lowest BCUT2D eigenvalue weighted by Crippen LogP contribution is -2.05. The van der Waals surface area contributed by atoms with Crippen LogP contribution in [0.1, 0.15) is 12.5 Å². The predicted molar refractivity (Wildman–Crippen MR) is 73.7 cm³/mol. The van der Waals surface area contributed by atoms with Crippen LogP contribution in [-0.2, 0) is 9.59 Å². The van der Waals surface area contributed by atoms with E-state index in [1.54, 1.807) is 12.1 Å². The number of ether oxygens (including phenoxy) is 2. The molecule has 0 bridgehead atoms. The number of aliphatic carboxylic acids is 1. The molecule has 0 saturated carbocycles. The number of carboxylic acids is 1. The second-order valence-electron chi connectivity index (χ2n) is 3.30. The monoisotopic (exact) mass is 362 g/mol. The van der Waals surface area contributed by atoms with Crippen LogP contribution in [0, 0.1) is 3.57 Å². The van der Waals surface area contributed by atoms with Gasteiger partial charge in [-0.05, 0) is 46.4 Å². The number of halogens is 1. The third-order valence-electron chi connectivity index (χ3n) is 1.92. The van der Waals surface area contributed by atoms with Gasteiger partial charge in [0, 0.05) is 13.0 Å². The van der Waals surface area contributed by atoms with Gasteiger partial charge in [0.2, 0.25) is 0 Å². The molecule has 18 heavy (non-hydrogen) atoms. The topological polar surface area (TPSA) is 72.8 Å². The van der Waals surface area contributed by atoms with Crippen molar-refractivity contribution in [1.29, 1.82) is 0 Å². The van der Waals surface area contributed by atoms with Crippen molar-refractivity contribution in [3.05, 3.63) is 27.3 Å². The molecule has 0 aliphatic heterocycles. The van der Waals surface area contributed by atoms with Crippen molar-refractivity contribution in [2.45, 2.75) is 6.92 Å². The first-order valence-corrected chi connectivity index (χ1v) is 5.99. The third kappa shape index (κ3) is 4.02. The quantitative estimate of drug-likeness (QED) is 0.385. The molecule has 0 atom stereocenters. The Bertz CT molecular complexity index is 507. The Labute approximate surface area is 118 Å². The van der Waals surface area contributed by atoms with Crippen LogP contribution in [0.5, 0.6) is 11.5 Å². The maximum Gasteiger partial charge on any atom is 0.328 e. The Morgan fingerprint density at radius 3 is 2.56 bits per heavy atom. The highest BCUT2D eigenvalue weighted by Gasteiger charge is 2.12. The van der Waals surface area contributed by atoms with Crippen molar-refractivity contribution in [2.24, 2.45) is 0 Å². The van der Waals surface area contributed by atoms with Crippen molar-refractivity contribution in [3.63, 3.8) is 0 Å². The molecular formula is C12H11IO5. The van der Waals surface area contributed by atoms with E-state index in [0.29, 0.717) is 20.6 Å². The predicted octanol–water partition coefficient (Wildman–Crippen LogP) is 2.32. The summed E-state index contributed by atoms with van der Waals surface area (Å²) in [4.78, 5) is 21.4. The van der Waals surface area contributed by atoms with E-state index in [2.05, 4.69) is 0 Å². The van der Waals surface area contributed by atoms with Gasteiger partial charge in [0.05, 0.1) is 10.7 Å². The lowest BCUT2D eigenvalue weighted by molar-refractivity contribution is -0.132. The fourth-order valence-electron chi connectivity index (χ4n) is 1.25. The number of benzene rings is 1. The van der Waals surface area contributed by atoms with Crippen molar-refractivity contribution in [1.82, 2.24) is 0 Å². The molecule has 0 unspecified atom stereocenters. The van der Waals surface area contributed by atoms with Gasteiger partial charge in [-0.2, -0.15) is 0 Å². The van der Waals surface area contributed by atoms with Crippen LogP contribution in [0.2, 0.25) is 0 Å². The number of hydrogen-bond acceptors (Lipinski definition) is 4. The molecule has 0 fully saturated rings. The van der Waals surface area contributed by atoms with Gasteiger partial charge in [0.1, 0.15) is 0 Å². The smallest absolute Gasteiger partial charge is 0.328 e. The first-order valence-electron chi connectivity index (χ1n) is 4.91. The lowest BCUT2D eigenvalue weighted by Gasteiger charge is -2.10. The number of methoxy groups -OCH3 is 1. The van der Waals surface area contributed by atoms with E-state index in [0.717, 1.165) is 6.08 Å². The molecule has 6 heteroatoms. The summed E-state index contributed by atoms with van der Waals surface area (Å²) in [6, 6.07) is 3.29. The third-order valence-corrected chi connectivity index (χ3v) is 2.72. The van der Waals surface area contributed by atoms with Crippen LogP contribution in [0.25, 0.3) is 6.08 Å². The Kier molecular flexibility index (Phi) is 5.14. The van der Waals surface area contributed by atoms with Crippen LogP contribution in [-0.4, -0.2) is 24.2 Å². The molecule has 1 N–H and O–H groups in total. The zero-order valence-electron chi connectivity index (χ0n) is 9.77. The maximum atomic E-state index is 11.0. The minimum absolute atomic E-state index is 0.332. The Balaban J connectivity index is 3.17. The van der Waals surface area contributed by atoms with Crippen LogP contribution in [0.3, 0.4) is 0 Å². The van der Waals surface area contributed by atoms with Crippen molar-refractivity contribution >= 4 is 40.6 Å². The molecule has 0 aliphatic rings. The molecule has 0 amide bonds. The number of carbonyl (C=O) groups excluding carboxylic acids is 1. The Hall–Kier alpha value is -1.57. The first kappa shape index (κ1) is 14.5. The number of carboxylic acid groups (broad SMARTS) is 1. The average Bonchev–Trinajstić information content (AvgIpc) is 2.28. The molecular weight excluding hydrogens is 351 g/mol. The minimum Gasteiger partial charge on any atom is -0.493 e. The van der Waals surface area contributed by atoms with E-state index in [4.69, 9.17) is 14.6 Å². The largest absolute Gasteiger partial charge is 0.493 e. The van der Waals surface area contributed by atoms with Crippen molar-refractivity contribution in [3.8, 4) is 11.5 Å². The zero-order chi connectivity index (χ0) is 13.7. The summed E-state index contributed by atoms with van der Waals surface area (Å²) in [6.45, 7) is 1.30. The van der Waals surface area contributed by atoms with Gasteiger partial charge in [-0.1, -0.05) is 0 Å². The van der Waals surface area contributed by atoms with Crippen LogP contribution in [0.15, 0.2) is 18.2 Å². The summed E-state index contributed by atoms with van der Waals surface area (Å²) in [6.07, 6.45) is 2.46. The van der Waals surface area contributed by atoms with Gasteiger partial charge in [-0.15, -0.1) is 0 Å². The molecule has 1 rings (SSSR count). The van der Waals surface area contributed by atoms with E-state index in [-0.39, 0.29) is 0 Å². The molecule has 0 radical (unpaired) electrons. The van der Waals surface area contributed by atoms with Gasteiger partial charge in [0.25, 0.3) is 0 Å². The van der Waals surface area contributed by atoms with Gasteiger partial charge < -0.3 is 14.6 Å². The first-order chi connectivity index (χ1) is 8.43. The fraction of sp³-hybridized carbons (Fsp3) is 0.167. The molecule has 5 nitrogen and oxygen atoms in total. The highest BCUT2D eigenvalue weighted by atomic mass is 127. The Morgan fingerprint density at radius 1 is 1.39 bits per heavy atom. The summed E-state index contributed by atoms with van der Waals surface area (Å²) in [5.74, 6) is -0.770. The van der Waals surface area contributed by atoms with Gasteiger partial charge in [-0.25, -0.2) is 4.79 Å². The summed E-state index contributed by atoms with van der Waals surface area (Å²) in [7, 11) is 1.45. The summed E-state index contributed by atoms with van der Waals surface area (Å²) in [5, 5.41) is 8.55. The van der Waals surface area contributed by atoms with Crippen LogP contribution in [0.4, 0.5) is 0 Å².